The Morgan fingerprint density at radius 3 is 2.70 bits per heavy atom. The van der Waals surface area contributed by atoms with Crippen LogP contribution in [0, 0.1) is 5.92 Å². The lowest BCUT2D eigenvalue weighted by Gasteiger charge is -2.14. The second-order valence-electron chi connectivity index (χ2n) is 5.77. The minimum Gasteiger partial charge on any atom is -0.475 e. The lowest BCUT2D eigenvalue weighted by atomic mass is 10.2. The normalized spacial score (nSPS) is 15.9. The van der Waals surface area contributed by atoms with Crippen LogP contribution >= 0.6 is 0 Å². The van der Waals surface area contributed by atoms with Gasteiger partial charge in [0.1, 0.15) is 6.61 Å². The van der Waals surface area contributed by atoms with Crippen molar-refractivity contribution in [3.8, 4) is 5.88 Å². The third-order valence-corrected chi connectivity index (χ3v) is 3.40. The molecular formula is C15H26N4O. The van der Waals surface area contributed by atoms with Crippen molar-refractivity contribution in [3.05, 3.63) is 18.1 Å². The average Bonchev–Trinajstić information content (AvgIpc) is 2.93. The average molecular weight is 278 g/mol. The summed E-state index contributed by atoms with van der Waals surface area (Å²) in [4.78, 5) is 11.1. The summed E-state index contributed by atoms with van der Waals surface area (Å²) in [6, 6.07) is 0. The molecule has 0 aromatic carbocycles. The number of hydrogen-bond donors (Lipinski definition) is 1. The minimum atomic E-state index is 0.622. The highest BCUT2D eigenvalue weighted by molar-refractivity contribution is 5.07. The van der Waals surface area contributed by atoms with E-state index in [0.717, 1.165) is 25.3 Å². The SMILES string of the molecule is CC(C)CNCc1cnc(OCCN2CCCC2)cn1. The predicted molar refractivity (Wildman–Crippen MR) is 79.7 cm³/mol. The van der Waals surface area contributed by atoms with Crippen molar-refractivity contribution < 1.29 is 4.74 Å². The van der Waals surface area contributed by atoms with Gasteiger partial charge in [-0.1, -0.05) is 13.8 Å². The molecule has 0 unspecified atom stereocenters. The van der Waals surface area contributed by atoms with Crippen molar-refractivity contribution >= 4 is 0 Å². The van der Waals surface area contributed by atoms with Gasteiger partial charge in [-0.3, -0.25) is 9.88 Å². The summed E-state index contributed by atoms with van der Waals surface area (Å²) in [6.45, 7) is 10.2. The lowest BCUT2D eigenvalue weighted by Crippen LogP contribution is -2.25. The Kier molecular flexibility index (Phi) is 6.21. The summed E-state index contributed by atoms with van der Waals surface area (Å²) in [5.41, 5.74) is 0.956. The van der Waals surface area contributed by atoms with E-state index in [1.807, 2.05) is 0 Å². The Hall–Kier alpha value is -1.20. The minimum absolute atomic E-state index is 0.622. The zero-order valence-corrected chi connectivity index (χ0v) is 12.6. The van der Waals surface area contributed by atoms with E-state index >= 15 is 0 Å². The van der Waals surface area contributed by atoms with Crippen LogP contribution in [0.5, 0.6) is 5.88 Å². The molecule has 1 aliphatic heterocycles. The molecule has 0 amide bonds. The fourth-order valence-electron chi connectivity index (χ4n) is 2.28. The highest BCUT2D eigenvalue weighted by Crippen LogP contribution is 2.08. The summed E-state index contributed by atoms with van der Waals surface area (Å²) < 4.78 is 5.63. The van der Waals surface area contributed by atoms with Gasteiger partial charge in [0.15, 0.2) is 0 Å². The van der Waals surface area contributed by atoms with Crippen molar-refractivity contribution in [1.82, 2.24) is 20.2 Å². The maximum Gasteiger partial charge on any atom is 0.232 e. The quantitative estimate of drug-likeness (QED) is 0.784. The molecule has 2 rings (SSSR count). The molecule has 5 heteroatoms. The fourth-order valence-corrected chi connectivity index (χ4v) is 2.28. The van der Waals surface area contributed by atoms with E-state index in [9.17, 15) is 0 Å². The van der Waals surface area contributed by atoms with Crippen LogP contribution in [0.1, 0.15) is 32.4 Å². The van der Waals surface area contributed by atoms with Gasteiger partial charge in [0.05, 0.1) is 18.1 Å². The number of ether oxygens (including phenoxy) is 1. The van der Waals surface area contributed by atoms with Crippen LogP contribution < -0.4 is 10.1 Å². The Balaban J connectivity index is 1.65. The van der Waals surface area contributed by atoms with E-state index < -0.39 is 0 Å². The maximum atomic E-state index is 5.63. The molecule has 112 valence electrons. The summed E-state index contributed by atoms with van der Waals surface area (Å²) in [6.07, 6.45) is 6.14. The first kappa shape index (κ1) is 15.2. The molecule has 0 spiro atoms. The zero-order chi connectivity index (χ0) is 14.2. The van der Waals surface area contributed by atoms with Crippen molar-refractivity contribution in [2.24, 2.45) is 5.92 Å². The fraction of sp³-hybridized carbons (Fsp3) is 0.733. The van der Waals surface area contributed by atoms with E-state index in [1.54, 1.807) is 12.4 Å². The molecule has 1 N–H and O–H groups in total. The Bertz CT molecular complexity index is 374. The van der Waals surface area contributed by atoms with Gasteiger partial charge < -0.3 is 10.1 Å². The molecule has 1 aromatic rings. The van der Waals surface area contributed by atoms with E-state index in [0.29, 0.717) is 18.4 Å². The monoisotopic (exact) mass is 278 g/mol. The number of aromatic nitrogens is 2. The molecule has 5 nitrogen and oxygen atoms in total. The first-order valence-corrected chi connectivity index (χ1v) is 7.61. The van der Waals surface area contributed by atoms with Gasteiger partial charge in [0.25, 0.3) is 0 Å². The van der Waals surface area contributed by atoms with E-state index in [1.165, 1.54) is 25.9 Å². The van der Waals surface area contributed by atoms with E-state index in [2.05, 4.69) is 34.0 Å². The Labute approximate surface area is 121 Å². The standard InChI is InChI=1S/C15H26N4O/c1-13(2)9-16-10-14-11-18-15(12-17-14)20-8-7-19-5-3-4-6-19/h11-13,16H,3-10H2,1-2H3. The van der Waals surface area contributed by atoms with Crippen LogP contribution in [0.15, 0.2) is 12.4 Å². The maximum absolute atomic E-state index is 5.63. The summed E-state index contributed by atoms with van der Waals surface area (Å²) >= 11 is 0. The van der Waals surface area contributed by atoms with Crippen molar-refractivity contribution in [2.45, 2.75) is 33.2 Å². The van der Waals surface area contributed by atoms with Gasteiger partial charge >= 0.3 is 0 Å². The third-order valence-electron chi connectivity index (χ3n) is 3.40. The Morgan fingerprint density at radius 1 is 1.25 bits per heavy atom. The van der Waals surface area contributed by atoms with E-state index in [4.69, 9.17) is 4.74 Å². The summed E-state index contributed by atoms with van der Waals surface area (Å²) in [5.74, 6) is 1.27. The first-order chi connectivity index (χ1) is 9.74. The van der Waals surface area contributed by atoms with Gasteiger partial charge in [-0.2, -0.15) is 0 Å². The first-order valence-electron chi connectivity index (χ1n) is 7.61. The second-order valence-corrected chi connectivity index (χ2v) is 5.77. The summed E-state index contributed by atoms with van der Waals surface area (Å²) in [5, 5.41) is 3.35. The van der Waals surface area contributed by atoms with Crippen LogP contribution in [0.3, 0.4) is 0 Å². The van der Waals surface area contributed by atoms with Crippen molar-refractivity contribution in [3.63, 3.8) is 0 Å². The predicted octanol–water partition coefficient (Wildman–Crippen LogP) is 1.70. The van der Waals surface area contributed by atoms with Gasteiger partial charge in [-0.05, 0) is 38.4 Å². The highest BCUT2D eigenvalue weighted by atomic mass is 16.5. The number of hydrogen-bond acceptors (Lipinski definition) is 5. The number of nitrogens with one attached hydrogen (secondary N) is 1. The highest BCUT2D eigenvalue weighted by Gasteiger charge is 2.10. The molecule has 1 aromatic heterocycles. The van der Waals surface area contributed by atoms with Gasteiger partial charge in [-0.15, -0.1) is 0 Å². The molecule has 2 heterocycles. The van der Waals surface area contributed by atoms with Crippen LogP contribution in [0.4, 0.5) is 0 Å². The van der Waals surface area contributed by atoms with Gasteiger partial charge in [0, 0.05) is 13.1 Å². The molecular weight excluding hydrogens is 252 g/mol. The Morgan fingerprint density at radius 2 is 2.05 bits per heavy atom. The topological polar surface area (TPSA) is 50.3 Å². The number of nitrogens with zero attached hydrogens (tertiary/aromatic N) is 3. The van der Waals surface area contributed by atoms with Crippen molar-refractivity contribution in [1.29, 1.82) is 0 Å². The molecule has 1 fully saturated rings. The zero-order valence-electron chi connectivity index (χ0n) is 12.6. The van der Waals surface area contributed by atoms with Crippen molar-refractivity contribution in [2.75, 3.05) is 32.8 Å². The van der Waals surface area contributed by atoms with Gasteiger partial charge in [-0.25, -0.2) is 4.98 Å². The molecule has 1 aliphatic rings. The van der Waals surface area contributed by atoms with Crippen LogP contribution in [0.25, 0.3) is 0 Å². The molecule has 20 heavy (non-hydrogen) atoms. The molecule has 1 saturated heterocycles. The van der Waals surface area contributed by atoms with Crippen LogP contribution in [-0.2, 0) is 6.54 Å². The number of rotatable bonds is 8. The van der Waals surface area contributed by atoms with E-state index in [-0.39, 0.29) is 0 Å². The molecule has 0 atom stereocenters. The summed E-state index contributed by atoms with van der Waals surface area (Å²) in [7, 11) is 0. The largest absolute Gasteiger partial charge is 0.475 e. The van der Waals surface area contributed by atoms with Crippen LogP contribution in [-0.4, -0.2) is 47.7 Å². The lowest BCUT2D eigenvalue weighted by molar-refractivity contribution is 0.231. The second kappa shape index (κ2) is 8.17. The smallest absolute Gasteiger partial charge is 0.232 e. The number of likely N-dealkylation sites (tertiary alicyclic amines) is 1. The molecule has 0 bridgehead atoms. The molecule has 0 saturated carbocycles. The molecule has 0 radical (unpaired) electrons. The molecule has 0 aliphatic carbocycles. The van der Waals surface area contributed by atoms with Gasteiger partial charge in [0.2, 0.25) is 5.88 Å². The van der Waals surface area contributed by atoms with Crippen LogP contribution in [0.2, 0.25) is 0 Å². The third kappa shape index (κ3) is 5.43.